The lowest BCUT2D eigenvalue weighted by atomic mass is 10.0. The number of para-hydroxylation sites is 1. The van der Waals surface area contributed by atoms with Crippen LogP contribution in [0.5, 0.6) is 5.75 Å². The number of likely N-dealkylation sites (tertiary alicyclic amines) is 1. The second-order valence-electron chi connectivity index (χ2n) is 5.75. The lowest BCUT2D eigenvalue weighted by Crippen LogP contribution is -2.39. The Morgan fingerprint density at radius 1 is 1.38 bits per heavy atom. The van der Waals surface area contributed by atoms with E-state index in [1.165, 1.54) is 25.8 Å². The molecule has 114 valence electrons. The van der Waals surface area contributed by atoms with Gasteiger partial charge < -0.3 is 19.2 Å². The third kappa shape index (κ3) is 2.85. The standard InChI is InChI=1S/C16H23N3OS/c1-3-20-14-9-6-8-13-15(14)17-16(21)19(13)11-12-7-4-5-10-18(12)2/h6,8-9,12H,3-5,7,10-11H2,1-2H3,(H,17,21). The molecule has 5 heteroatoms. The molecule has 4 nitrogen and oxygen atoms in total. The van der Waals surface area contributed by atoms with Crippen molar-refractivity contribution in [2.75, 3.05) is 20.2 Å². The number of ether oxygens (including phenoxy) is 1. The van der Waals surface area contributed by atoms with Crippen LogP contribution < -0.4 is 4.74 Å². The van der Waals surface area contributed by atoms with Gasteiger partial charge in [-0.3, -0.25) is 0 Å². The molecule has 2 aromatic rings. The summed E-state index contributed by atoms with van der Waals surface area (Å²) in [4.78, 5) is 5.77. The molecular weight excluding hydrogens is 282 g/mol. The zero-order valence-electron chi connectivity index (χ0n) is 12.8. The Morgan fingerprint density at radius 2 is 2.24 bits per heavy atom. The first-order chi connectivity index (χ1) is 10.2. The first-order valence-electron chi connectivity index (χ1n) is 7.75. The molecule has 0 saturated carbocycles. The Bertz CT molecular complexity index is 676. The Hall–Kier alpha value is -1.33. The van der Waals surface area contributed by atoms with Gasteiger partial charge in [-0.1, -0.05) is 12.5 Å². The van der Waals surface area contributed by atoms with E-state index in [1.54, 1.807) is 0 Å². The zero-order chi connectivity index (χ0) is 14.8. The summed E-state index contributed by atoms with van der Waals surface area (Å²) in [5.74, 6) is 0.886. The molecule has 0 radical (unpaired) electrons. The highest BCUT2D eigenvalue weighted by atomic mass is 32.1. The minimum atomic E-state index is 0.570. The molecule has 1 aliphatic rings. The quantitative estimate of drug-likeness (QED) is 0.877. The molecule has 1 atom stereocenters. The number of piperidine rings is 1. The molecule has 3 rings (SSSR count). The molecule has 1 fully saturated rings. The second kappa shape index (κ2) is 6.20. The number of rotatable bonds is 4. The smallest absolute Gasteiger partial charge is 0.178 e. The molecule has 1 unspecified atom stereocenters. The van der Waals surface area contributed by atoms with E-state index in [0.29, 0.717) is 12.6 Å². The predicted octanol–water partition coefficient (Wildman–Crippen LogP) is 3.58. The van der Waals surface area contributed by atoms with Gasteiger partial charge in [-0.05, 0) is 57.7 Å². The second-order valence-corrected chi connectivity index (χ2v) is 6.14. The molecule has 0 bridgehead atoms. The van der Waals surface area contributed by atoms with E-state index in [0.717, 1.165) is 28.1 Å². The van der Waals surface area contributed by atoms with Crippen LogP contribution in [0.1, 0.15) is 26.2 Å². The van der Waals surface area contributed by atoms with E-state index >= 15 is 0 Å². The highest BCUT2D eigenvalue weighted by Crippen LogP contribution is 2.26. The molecular formula is C16H23N3OS. The van der Waals surface area contributed by atoms with Crippen LogP contribution in [0.25, 0.3) is 11.0 Å². The number of nitrogens with zero attached hydrogens (tertiary/aromatic N) is 2. The fraction of sp³-hybridized carbons (Fsp3) is 0.562. The lowest BCUT2D eigenvalue weighted by Gasteiger charge is -2.32. The average molecular weight is 305 g/mol. The maximum atomic E-state index is 5.70. The van der Waals surface area contributed by atoms with Crippen molar-refractivity contribution >= 4 is 23.3 Å². The number of imidazole rings is 1. The topological polar surface area (TPSA) is 33.2 Å². The Morgan fingerprint density at radius 3 is 3.00 bits per heavy atom. The van der Waals surface area contributed by atoms with Crippen molar-refractivity contribution in [3.05, 3.63) is 23.0 Å². The summed E-state index contributed by atoms with van der Waals surface area (Å²) in [6.45, 7) is 4.80. The molecule has 1 aromatic heterocycles. The van der Waals surface area contributed by atoms with E-state index in [4.69, 9.17) is 17.0 Å². The lowest BCUT2D eigenvalue weighted by molar-refractivity contribution is 0.168. The SMILES string of the molecule is CCOc1cccc2c1[nH]c(=S)n2CC1CCCCN1C. The normalized spacial score (nSPS) is 20.0. The van der Waals surface area contributed by atoms with Crippen molar-refractivity contribution in [2.24, 2.45) is 0 Å². The summed E-state index contributed by atoms with van der Waals surface area (Å²) in [7, 11) is 2.22. The van der Waals surface area contributed by atoms with Crippen LogP contribution in [0.2, 0.25) is 0 Å². The molecule has 21 heavy (non-hydrogen) atoms. The van der Waals surface area contributed by atoms with E-state index in [-0.39, 0.29) is 0 Å². The molecule has 0 aliphatic carbocycles. The average Bonchev–Trinajstić information content (AvgIpc) is 2.79. The maximum absolute atomic E-state index is 5.70. The molecule has 0 spiro atoms. The van der Waals surface area contributed by atoms with Crippen molar-refractivity contribution < 1.29 is 4.74 Å². The summed E-state index contributed by atoms with van der Waals surface area (Å²) in [5.41, 5.74) is 2.16. The van der Waals surface area contributed by atoms with Gasteiger partial charge in [0.05, 0.1) is 12.1 Å². The van der Waals surface area contributed by atoms with Crippen LogP contribution in [0.15, 0.2) is 18.2 Å². The zero-order valence-corrected chi connectivity index (χ0v) is 13.6. The van der Waals surface area contributed by atoms with E-state index in [9.17, 15) is 0 Å². The molecule has 1 saturated heterocycles. The number of H-pyrrole nitrogens is 1. The predicted molar refractivity (Wildman–Crippen MR) is 88.6 cm³/mol. The van der Waals surface area contributed by atoms with Gasteiger partial charge in [-0.25, -0.2) is 0 Å². The van der Waals surface area contributed by atoms with Crippen LogP contribution in [-0.2, 0) is 6.54 Å². The van der Waals surface area contributed by atoms with Gasteiger partial charge in [0.15, 0.2) is 4.77 Å². The van der Waals surface area contributed by atoms with E-state index < -0.39 is 0 Å². The van der Waals surface area contributed by atoms with Crippen LogP contribution in [0.3, 0.4) is 0 Å². The first kappa shape index (κ1) is 14.6. The van der Waals surface area contributed by atoms with Gasteiger partial charge in [-0.15, -0.1) is 0 Å². The summed E-state index contributed by atoms with van der Waals surface area (Å²) in [6.07, 6.45) is 3.87. The van der Waals surface area contributed by atoms with Gasteiger partial charge in [-0.2, -0.15) is 0 Å². The largest absolute Gasteiger partial charge is 0.492 e. The number of aromatic amines is 1. The summed E-state index contributed by atoms with van der Waals surface area (Å²) in [6, 6.07) is 6.72. The highest BCUT2D eigenvalue weighted by molar-refractivity contribution is 7.71. The minimum absolute atomic E-state index is 0.570. The van der Waals surface area contributed by atoms with Crippen molar-refractivity contribution in [3.63, 3.8) is 0 Å². The van der Waals surface area contributed by atoms with Gasteiger partial charge in [0, 0.05) is 12.6 Å². The van der Waals surface area contributed by atoms with Crippen molar-refractivity contribution in [2.45, 2.75) is 38.8 Å². The van der Waals surface area contributed by atoms with Crippen LogP contribution in [0, 0.1) is 4.77 Å². The van der Waals surface area contributed by atoms with Gasteiger partial charge in [0.2, 0.25) is 0 Å². The Balaban J connectivity index is 1.96. The van der Waals surface area contributed by atoms with E-state index in [2.05, 4.69) is 27.6 Å². The van der Waals surface area contributed by atoms with Crippen LogP contribution >= 0.6 is 12.2 Å². The van der Waals surface area contributed by atoms with Crippen LogP contribution in [0.4, 0.5) is 0 Å². The van der Waals surface area contributed by atoms with Gasteiger partial charge in [0.25, 0.3) is 0 Å². The minimum Gasteiger partial charge on any atom is -0.492 e. The number of nitrogens with one attached hydrogen (secondary N) is 1. The summed E-state index contributed by atoms with van der Waals surface area (Å²) >= 11 is 5.54. The number of aromatic nitrogens is 2. The maximum Gasteiger partial charge on any atom is 0.178 e. The summed E-state index contributed by atoms with van der Waals surface area (Å²) in [5, 5.41) is 0. The molecule has 2 heterocycles. The number of benzene rings is 1. The number of hydrogen-bond donors (Lipinski definition) is 1. The van der Waals surface area contributed by atoms with Gasteiger partial charge >= 0.3 is 0 Å². The molecule has 1 N–H and O–H groups in total. The van der Waals surface area contributed by atoms with Crippen molar-refractivity contribution in [1.82, 2.24) is 14.5 Å². The monoisotopic (exact) mass is 305 g/mol. The number of hydrogen-bond acceptors (Lipinski definition) is 3. The number of likely N-dealkylation sites (N-methyl/N-ethyl adjacent to an activating group) is 1. The third-order valence-electron chi connectivity index (χ3n) is 4.39. The number of fused-ring (bicyclic) bond motifs is 1. The highest BCUT2D eigenvalue weighted by Gasteiger charge is 2.20. The molecule has 1 aromatic carbocycles. The van der Waals surface area contributed by atoms with E-state index in [1.807, 2.05) is 19.1 Å². The summed E-state index contributed by atoms with van der Waals surface area (Å²) < 4.78 is 8.71. The van der Waals surface area contributed by atoms with Crippen molar-refractivity contribution in [1.29, 1.82) is 0 Å². The Kier molecular flexibility index (Phi) is 4.31. The Labute approximate surface area is 130 Å². The fourth-order valence-electron chi connectivity index (χ4n) is 3.20. The van der Waals surface area contributed by atoms with Crippen LogP contribution in [-0.4, -0.2) is 40.7 Å². The fourth-order valence-corrected chi connectivity index (χ4v) is 3.47. The molecule has 1 aliphatic heterocycles. The molecule has 0 amide bonds. The third-order valence-corrected chi connectivity index (χ3v) is 4.71. The van der Waals surface area contributed by atoms with Crippen molar-refractivity contribution in [3.8, 4) is 5.75 Å². The first-order valence-corrected chi connectivity index (χ1v) is 8.16. The van der Waals surface area contributed by atoms with Gasteiger partial charge in [0.1, 0.15) is 11.3 Å².